The fourth-order valence-electron chi connectivity index (χ4n) is 3.89. The lowest BCUT2D eigenvalue weighted by Crippen LogP contribution is -2.38. The molecule has 0 saturated carbocycles. The lowest BCUT2D eigenvalue weighted by molar-refractivity contribution is -0.123. The van der Waals surface area contributed by atoms with Crippen LogP contribution >= 0.6 is 0 Å². The van der Waals surface area contributed by atoms with E-state index >= 15 is 0 Å². The molecule has 2 aromatic carbocycles. The molecule has 1 unspecified atom stereocenters. The van der Waals surface area contributed by atoms with Crippen molar-refractivity contribution in [2.75, 3.05) is 33.3 Å². The summed E-state index contributed by atoms with van der Waals surface area (Å²) in [5.74, 6) is 0.607. The Hall–Kier alpha value is -2.41. The van der Waals surface area contributed by atoms with Gasteiger partial charge in [0.25, 0.3) is 0 Å². The van der Waals surface area contributed by atoms with Gasteiger partial charge in [0.05, 0.1) is 0 Å². The number of likely N-dealkylation sites (tertiary alicyclic amines) is 1. The van der Waals surface area contributed by atoms with Crippen molar-refractivity contribution in [3.63, 3.8) is 0 Å². The number of piperidine rings is 1. The maximum atomic E-state index is 11.3. The highest BCUT2D eigenvalue weighted by Gasteiger charge is 2.22. The van der Waals surface area contributed by atoms with Gasteiger partial charge in [-0.25, -0.2) is 0 Å². The van der Waals surface area contributed by atoms with E-state index in [0.29, 0.717) is 6.54 Å². The van der Waals surface area contributed by atoms with Crippen LogP contribution < -0.4 is 10.5 Å². The number of aliphatic hydroxyl groups is 1. The van der Waals surface area contributed by atoms with Gasteiger partial charge in [-0.1, -0.05) is 42.5 Å². The molecule has 2 aromatic rings. The molecule has 0 spiro atoms. The lowest BCUT2D eigenvalue weighted by Gasteiger charge is -2.30. The van der Waals surface area contributed by atoms with Crippen molar-refractivity contribution in [1.82, 2.24) is 9.80 Å². The summed E-state index contributed by atoms with van der Waals surface area (Å²) in [4.78, 5) is 15.7. The molecule has 162 valence electrons. The van der Waals surface area contributed by atoms with Crippen LogP contribution in [0.2, 0.25) is 0 Å². The van der Waals surface area contributed by atoms with Gasteiger partial charge in [-0.05, 0) is 56.2 Å². The summed E-state index contributed by atoms with van der Waals surface area (Å²) >= 11 is 0. The fraction of sp³-hybridized carbons (Fsp3) is 0.458. The van der Waals surface area contributed by atoms with Gasteiger partial charge in [0.1, 0.15) is 18.5 Å². The van der Waals surface area contributed by atoms with E-state index in [0.717, 1.165) is 44.8 Å². The molecule has 1 aliphatic rings. The van der Waals surface area contributed by atoms with E-state index in [1.807, 2.05) is 37.4 Å². The first-order chi connectivity index (χ1) is 14.5. The summed E-state index contributed by atoms with van der Waals surface area (Å²) in [6.45, 7) is 4.26. The normalized spacial score (nSPS) is 16.5. The average Bonchev–Trinajstić information content (AvgIpc) is 2.74. The quantitative estimate of drug-likeness (QED) is 0.627. The van der Waals surface area contributed by atoms with Gasteiger partial charge in [-0.3, -0.25) is 14.6 Å². The molecule has 6 heteroatoms. The SMILES string of the molecule is CN(Cc1ccccc1)CC(O)COc1ccc(CN2CCC(C(N)=O)CC2)cc1. The number of aliphatic hydroxyl groups excluding tert-OH is 1. The smallest absolute Gasteiger partial charge is 0.220 e. The summed E-state index contributed by atoms with van der Waals surface area (Å²) in [6, 6.07) is 18.2. The fourth-order valence-corrected chi connectivity index (χ4v) is 3.89. The highest BCUT2D eigenvalue weighted by Crippen LogP contribution is 2.20. The Bertz CT molecular complexity index is 774. The van der Waals surface area contributed by atoms with Gasteiger partial charge in [-0.15, -0.1) is 0 Å². The van der Waals surface area contributed by atoms with Gasteiger partial charge in [0.15, 0.2) is 0 Å². The van der Waals surface area contributed by atoms with E-state index < -0.39 is 6.10 Å². The van der Waals surface area contributed by atoms with Crippen molar-refractivity contribution in [1.29, 1.82) is 0 Å². The molecule has 0 aliphatic carbocycles. The molecule has 6 nitrogen and oxygen atoms in total. The second-order valence-corrected chi connectivity index (χ2v) is 8.24. The van der Waals surface area contributed by atoms with Crippen LogP contribution in [0.1, 0.15) is 24.0 Å². The van der Waals surface area contributed by atoms with Gasteiger partial charge >= 0.3 is 0 Å². The first-order valence-corrected chi connectivity index (χ1v) is 10.6. The molecule has 3 N–H and O–H groups in total. The zero-order chi connectivity index (χ0) is 21.3. The van der Waals surface area contributed by atoms with Gasteiger partial charge < -0.3 is 15.6 Å². The van der Waals surface area contributed by atoms with Crippen LogP contribution in [-0.4, -0.2) is 60.2 Å². The van der Waals surface area contributed by atoms with Gasteiger partial charge in [0, 0.05) is 25.6 Å². The molecule has 1 aliphatic heterocycles. The molecule has 1 fully saturated rings. The maximum Gasteiger partial charge on any atom is 0.220 e. The summed E-state index contributed by atoms with van der Waals surface area (Å²) in [6.07, 6.45) is 1.13. The zero-order valence-electron chi connectivity index (χ0n) is 17.7. The Labute approximate surface area is 179 Å². The third kappa shape index (κ3) is 7.13. The number of amides is 1. The first kappa shape index (κ1) is 22.3. The van der Waals surface area contributed by atoms with Crippen molar-refractivity contribution < 1.29 is 14.6 Å². The van der Waals surface area contributed by atoms with E-state index in [2.05, 4.69) is 34.1 Å². The molecule has 1 amide bonds. The number of benzene rings is 2. The summed E-state index contributed by atoms with van der Waals surface area (Å²) in [5.41, 5.74) is 7.84. The lowest BCUT2D eigenvalue weighted by atomic mass is 9.96. The largest absolute Gasteiger partial charge is 0.491 e. The van der Waals surface area contributed by atoms with Crippen LogP contribution in [0.3, 0.4) is 0 Å². The van der Waals surface area contributed by atoms with Crippen LogP contribution in [-0.2, 0) is 17.9 Å². The standard InChI is InChI=1S/C24H33N3O3/c1-26(15-19-5-3-2-4-6-19)17-22(28)18-30-23-9-7-20(8-10-23)16-27-13-11-21(12-14-27)24(25)29/h2-10,21-22,28H,11-18H2,1H3,(H2,25,29). The molecule has 0 bridgehead atoms. The number of primary amides is 1. The van der Waals surface area contributed by atoms with Crippen LogP contribution in [0.5, 0.6) is 5.75 Å². The van der Waals surface area contributed by atoms with Crippen molar-refractivity contribution >= 4 is 5.91 Å². The summed E-state index contributed by atoms with van der Waals surface area (Å²) in [5, 5.41) is 10.3. The Morgan fingerprint density at radius 2 is 1.80 bits per heavy atom. The summed E-state index contributed by atoms with van der Waals surface area (Å²) in [7, 11) is 2.00. The number of hydrogen-bond donors (Lipinski definition) is 2. The molecular formula is C24H33N3O3. The molecule has 0 aromatic heterocycles. The summed E-state index contributed by atoms with van der Waals surface area (Å²) < 4.78 is 5.76. The second kappa shape index (κ2) is 11.1. The number of likely N-dealkylation sites (N-methyl/N-ethyl adjacent to an activating group) is 1. The zero-order valence-corrected chi connectivity index (χ0v) is 17.7. The minimum atomic E-state index is -0.551. The highest BCUT2D eigenvalue weighted by molar-refractivity contribution is 5.76. The molecule has 1 heterocycles. The maximum absolute atomic E-state index is 11.3. The number of ether oxygens (including phenoxy) is 1. The third-order valence-corrected chi connectivity index (χ3v) is 5.58. The third-order valence-electron chi connectivity index (χ3n) is 5.58. The highest BCUT2D eigenvalue weighted by atomic mass is 16.5. The average molecular weight is 412 g/mol. The minimum Gasteiger partial charge on any atom is -0.491 e. The predicted octanol–water partition coefficient (Wildman–Crippen LogP) is 2.26. The van der Waals surface area contributed by atoms with Crippen molar-refractivity contribution in [2.45, 2.75) is 32.0 Å². The molecular weight excluding hydrogens is 378 g/mol. The monoisotopic (exact) mass is 411 g/mol. The Morgan fingerprint density at radius 3 is 2.43 bits per heavy atom. The topological polar surface area (TPSA) is 79.0 Å². The Morgan fingerprint density at radius 1 is 1.13 bits per heavy atom. The van der Waals surface area contributed by atoms with Gasteiger partial charge in [0.2, 0.25) is 5.91 Å². The van der Waals surface area contributed by atoms with Crippen molar-refractivity contribution in [3.8, 4) is 5.75 Å². The number of hydrogen-bond acceptors (Lipinski definition) is 5. The molecule has 30 heavy (non-hydrogen) atoms. The van der Waals surface area contributed by atoms with Crippen LogP contribution in [0.4, 0.5) is 0 Å². The predicted molar refractivity (Wildman–Crippen MR) is 118 cm³/mol. The number of nitrogens with zero attached hydrogens (tertiary/aromatic N) is 2. The number of carbonyl (C=O) groups excluding carboxylic acids is 1. The van der Waals surface area contributed by atoms with Crippen LogP contribution in [0.25, 0.3) is 0 Å². The van der Waals surface area contributed by atoms with Gasteiger partial charge in [-0.2, -0.15) is 0 Å². The molecule has 3 rings (SSSR count). The van der Waals surface area contributed by atoms with E-state index in [9.17, 15) is 9.90 Å². The minimum absolute atomic E-state index is 0.0233. The molecule has 1 saturated heterocycles. The van der Waals surface area contributed by atoms with Crippen molar-refractivity contribution in [2.24, 2.45) is 11.7 Å². The Balaban J connectivity index is 1.37. The number of rotatable bonds is 10. The van der Waals surface area contributed by atoms with Crippen molar-refractivity contribution in [3.05, 3.63) is 65.7 Å². The van der Waals surface area contributed by atoms with Crippen LogP contribution in [0.15, 0.2) is 54.6 Å². The number of nitrogens with two attached hydrogens (primary N) is 1. The van der Waals surface area contributed by atoms with E-state index in [4.69, 9.17) is 10.5 Å². The molecule has 1 atom stereocenters. The second-order valence-electron chi connectivity index (χ2n) is 8.24. The number of carbonyl (C=O) groups is 1. The van der Waals surface area contributed by atoms with E-state index in [1.54, 1.807) is 0 Å². The molecule has 0 radical (unpaired) electrons. The van der Waals surface area contributed by atoms with E-state index in [1.165, 1.54) is 11.1 Å². The van der Waals surface area contributed by atoms with Crippen LogP contribution in [0, 0.1) is 5.92 Å². The first-order valence-electron chi connectivity index (χ1n) is 10.6. The van der Waals surface area contributed by atoms with E-state index in [-0.39, 0.29) is 18.4 Å². The Kier molecular flexibility index (Phi) is 8.25.